The maximum Gasteiger partial charge on any atom is 0.129 e. The number of rotatable bonds is 7. The van der Waals surface area contributed by atoms with Crippen LogP contribution in [0.1, 0.15) is 63.0 Å². The Hall–Kier alpha value is -0.800. The smallest absolute Gasteiger partial charge is 0.129 e. The third kappa shape index (κ3) is 4.08. The van der Waals surface area contributed by atoms with E-state index in [4.69, 9.17) is 9.15 Å². The highest BCUT2D eigenvalue weighted by molar-refractivity contribution is 5.11. The molecule has 1 fully saturated rings. The van der Waals surface area contributed by atoms with Gasteiger partial charge in [0.15, 0.2) is 0 Å². The van der Waals surface area contributed by atoms with Gasteiger partial charge >= 0.3 is 0 Å². The summed E-state index contributed by atoms with van der Waals surface area (Å²) in [6, 6.07) is 4.55. The Kier molecular flexibility index (Phi) is 5.93. The number of furan rings is 1. The Morgan fingerprint density at radius 2 is 2.11 bits per heavy atom. The van der Waals surface area contributed by atoms with Gasteiger partial charge in [-0.2, -0.15) is 0 Å². The molecule has 108 valence electrons. The van der Waals surface area contributed by atoms with Gasteiger partial charge in [0.1, 0.15) is 18.1 Å². The van der Waals surface area contributed by atoms with Gasteiger partial charge in [-0.15, -0.1) is 0 Å². The van der Waals surface area contributed by atoms with E-state index in [1.807, 2.05) is 6.07 Å². The lowest BCUT2D eigenvalue weighted by Gasteiger charge is -2.29. The fourth-order valence-electron chi connectivity index (χ4n) is 3.05. The molecule has 3 nitrogen and oxygen atoms in total. The number of hydrogen-bond acceptors (Lipinski definition) is 3. The highest BCUT2D eigenvalue weighted by Gasteiger charge is 2.26. The number of ether oxygens (including phenoxy) is 1. The van der Waals surface area contributed by atoms with E-state index in [0.29, 0.717) is 12.6 Å². The second-order valence-electron chi connectivity index (χ2n) is 5.57. The van der Waals surface area contributed by atoms with Crippen LogP contribution in [0.3, 0.4) is 0 Å². The van der Waals surface area contributed by atoms with Crippen LogP contribution in [0.4, 0.5) is 0 Å². The highest BCUT2D eigenvalue weighted by Crippen LogP contribution is 2.35. The van der Waals surface area contributed by atoms with E-state index in [-0.39, 0.29) is 0 Å². The molecule has 0 radical (unpaired) electrons. The molecule has 3 heteroatoms. The minimum Gasteiger partial charge on any atom is -0.462 e. The van der Waals surface area contributed by atoms with Crippen molar-refractivity contribution in [2.24, 2.45) is 5.92 Å². The zero-order chi connectivity index (χ0) is 13.5. The van der Waals surface area contributed by atoms with Gasteiger partial charge in [-0.1, -0.05) is 26.2 Å². The van der Waals surface area contributed by atoms with E-state index in [1.54, 1.807) is 7.11 Å². The van der Waals surface area contributed by atoms with Crippen LogP contribution in [-0.4, -0.2) is 13.7 Å². The van der Waals surface area contributed by atoms with E-state index in [1.165, 1.54) is 32.1 Å². The van der Waals surface area contributed by atoms with Crippen LogP contribution in [0, 0.1) is 5.92 Å². The lowest BCUT2D eigenvalue weighted by molar-refractivity contribution is 0.158. The molecule has 1 atom stereocenters. The first-order chi connectivity index (χ1) is 9.35. The quantitative estimate of drug-likeness (QED) is 0.807. The fourth-order valence-corrected chi connectivity index (χ4v) is 3.05. The Morgan fingerprint density at radius 3 is 2.79 bits per heavy atom. The van der Waals surface area contributed by atoms with E-state index in [2.05, 4.69) is 18.3 Å². The number of nitrogens with one attached hydrogen (secondary N) is 1. The van der Waals surface area contributed by atoms with Crippen LogP contribution in [0.15, 0.2) is 16.5 Å². The average Bonchev–Trinajstić information content (AvgIpc) is 2.89. The first kappa shape index (κ1) is 14.6. The van der Waals surface area contributed by atoms with Crippen molar-refractivity contribution in [3.8, 4) is 0 Å². The highest BCUT2D eigenvalue weighted by atomic mass is 16.5. The number of methoxy groups -OCH3 is 1. The lowest BCUT2D eigenvalue weighted by Crippen LogP contribution is -2.30. The molecule has 1 unspecified atom stereocenters. The van der Waals surface area contributed by atoms with Gasteiger partial charge in [0.2, 0.25) is 0 Å². The predicted octanol–water partition coefficient (Wildman–Crippen LogP) is 4.05. The first-order valence-corrected chi connectivity index (χ1v) is 7.66. The molecule has 19 heavy (non-hydrogen) atoms. The molecule has 0 bridgehead atoms. The van der Waals surface area contributed by atoms with Crippen LogP contribution < -0.4 is 5.32 Å². The molecule has 1 heterocycles. The molecular weight excluding hydrogens is 238 g/mol. The zero-order valence-corrected chi connectivity index (χ0v) is 12.3. The third-order valence-corrected chi connectivity index (χ3v) is 4.01. The van der Waals surface area contributed by atoms with Crippen LogP contribution in [0.25, 0.3) is 0 Å². The molecule has 1 N–H and O–H groups in total. The van der Waals surface area contributed by atoms with Gasteiger partial charge < -0.3 is 14.5 Å². The van der Waals surface area contributed by atoms with E-state index < -0.39 is 0 Å². The second-order valence-corrected chi connectivity index (χ2v) is 5.57. The monoisotopic (exact) mass is 265 g/mol. The Balaban J connectivity index is 2.05. The van der Waals surface area contributed by atoms with Gasteiger partial charge in [-0.25, -0.2) is 0 Å². The van der Waals surface area contributed by atoms with Gasteiger partial charge in [0.05, 0.1) is 6.04 Å². The van der Waals surface area contributed by atoms with Crippen LogP contribution in [0.5, 0.6) is 0 Å². The summed E-state index contributed by atoms with van der Waals surface area (Å²) < 4.78 is 11.1. The van der Waals surface area contributed by atoms with E-state index in [0.717, 1.165) is 30.4 Å². The molecule has 1 aliphatic rings. The summed E-state index contributed by atoms with van der Waals surface area (Å²) in [5, 5.41) is 3.68. The van der Waals surface area contributed by atoms with Crippen LogP contribution >= 0.6 is 0 Å². The summed E-state index contributed by atoms with van der Waals surface area (Å²) in [6.45, 7) is 3.83. The average molecular weight is 265 g/mol. The predicted molar refractivity (Wildman–Crippen MR) is 77.0 cm³/mol. The molecule has 1 aromatic rings. The summed E-state index contributed by atoms with van der Waals surface area (Å²) in [5.41, 5.74) is 0. The summed E-state index contributed by atoms with van der Waals surface area (Å²) in [7, 11) is 1.70. The van der Waals surface area contributed by atoms with Crippen LogP contribution in [0.2, 0.25) is 0 Å². The lowest BCUT2D eigenvalue weighted by atomic mass is 9.83. The third-order valence-electron chi connectivity index (χ3n) is 4.01. The van der Waals surface area contributed by atoms with Gasteiger partial charge in [0, 0.05) is 7.11 Å². The zero-order valence-electron chi connectivity index (χ0n) is 12.3. The first-order valence-electron chi connectivity index (χ1n) is 7.66. The molecule has 0 aliphatic heterocycles. The maximum atomic E-state index is 5.95. The van der Waals surface area contributed by atoms with E-state index >= 15 is 0 Å². The largest absolute Gasteiger partial charge is 0.462 e. The topological polar surface area (TPSA) is 34.4 Å². The molecule has 1 aliphatic carbocycles. The summed E-state index contributed by atoms with van der Waals surface area (Å²) in [5.74, 6) is 2.74. The fraction of sp³-hybridized carbons (Fsp3) is 0.750. The maximum absolute atomic E-state index is 5.95. The van der Waals surface area contributed by atoms with Crippen molar-refractivity contribution in [3.63, 3.8) is 0 Å². The van der Waals surface area contributed by atoms with E-state index in [9.17, 15) is 0 Å². The van der Waals surface area contributed by atoms with Gasteiger partial charge in [-0.05, 0) is 43.9 Å². The van der Waals surface area contributed by atoms with Crippen molar-refractivity contribution in [1.29, 1.82) is 0 Å². The normalized spacial score (nSPS) is 18.6. The molecule has 0 spiro atoms. The summed E-state index contributed by atoms with van der Waals surface area (Å²) >= 11 is 0. The Bertz CT molecular complexity index is 355. The SMILES string of the molecule is CCCNC(c1ccc(COC)o1)C1CCCCC1. The van der Waals surface area contributed by atoms with Gasteiger partial charge in [0.25, 0.3) is 0 Å². The molecule has 0 saturated heterocycles. The number of hydrogen-bond donors (Lipinski definition) is 1. The van der Waals surface area contributed by atoms with Crippen molar-refractivity contribution < 1.29 is 9.15 Å². The molecule has 1 saturated carbocycles. The minimum absolute atomic E-state index is 0.380. The molecule has 0 amide bonds. The molecular formula is C16H27NO2. The molecule has 0 aromatic carbocycles. The van der Waals surface area contributed by atoms with Crippen molar-refractivity contribution in [2.75, 3.05) is 13.7 Å². The standard InChI is InChI=1S/C16H27NO2/c1-3-11-17-16(13-7-5-4-6-8-13)15-10-9-14(19-15)12-18-2/h9-10,13,16-17H,3-8,11-12H2,1-2H3. The van der Waals surface area contributed by atoms with Gasteiger partial charge in [-0.3, -0.25) is 0 Å². The second kappa shape index (κ2) is 7.71. The Morgan fingerprint density at radius 1 is 1.32 bits per heavy atom. The van der Waals surface area contributed by atoms with Crippen molar-refractivity contribution in [1.82, 2.24) is 5.32 Å². The summed E-state index contributed by atoms with van der Waals surface area (Å²) in [6.07, 6.45) is 7.92. The van der Waals surface area contributed by atoms with Crippen molar-refractivity contribution in [3.05, 3.63) is 23.7 Å². The van der Waals surface area contributed by atoms with Crippen LogP contribution in [-0.2, 0) is 11.3 Å². The van der Waals surface area contributed by atoms with Crippen molar-refractivity contribution in [2.45, 2.75) is 58.1 Å². The minimum atomic E-state index is 0.380. The molecule has 1 aromatic heterocycles. The van der Waals surface area contributed by atoms with Crippen molar-refractivity contribution >= 4 is 0 Å². The Labute approximate surface area is 116 Å². The molecule has 2 rings (SSSR count). The summed E-state index contributed by atoms with van der Waals surface area (Å²) in [4.78, 5) is 0.